The highest BCUT2D eigenvalue weighted by molar-refractivity contribution is 5.44. The maximum atomic E-state index is 13.8. The van der Waals surface area contributed by atoms with Crippen LogP contribution in [0.25, 0.3) is 0 Å². The Morgan fingerprint density at radius 2 is 1.97 bits per heavy atom. The molecule has 0 saturated heterocycles. The van der Waals surface area contributed by atoms with Gasteiger partial charge in [-0.3, -0.25) is 0 Å². The van der Waals surface area contributed by atoms with Crippen LogP contribution in [0, 0.1) is 17.7 Å². The molecule has 0 bridgehead atoms. The van der Waals surface area contributed by atoms with Crippen molar-refractivity contribution in [1.29, 1.82) is 0 Å². The van der Waals surface area contributed by atoms with Gasteiger partial charge in [-0.2, -0.15) is 0 Å². The zero-order valence-electron chi connectivity index (χ0n) is 18.1. The Kier molecular flexibility index (Phi) is 6.59. The van der Waals surface area contributed by atoms with Gasteiger partial charge in [-0.15, -0.1) is 0 Å². The van der Waals surface area contributed by atoms with Crippen molar-refractivity contribution >= 4 is 0 Å². The minimum Gasteiger partial charge on any atom is -0.454 e. The number of rotatable bonds is 8. The summed E-state index contributed by atoms with van der Waals surface area (Å²) in [6.07, 6.45) is 2.88. The summed E-state index contributed by atoms with van der Waals surface area (Å²) in [5.41, 5.74) is 3.70. The van der Waals surface area contributed by atoms with Gasteiger partial charge in [0, 0.05) is 13.2 Å². The number of hydrogen-bond acceptors (Lipinski definition) is 4. The number of hydrogen-bond donors (Lipinski definition) is 1. The van der Waals surface area contributed by atoms with E-state index in [1.165, 1.54) is 16.7 Å². The zero-order valence-corrected chi connectivity index (χ0v) is 18.1. The summed E-state index contributed by atoms with van der Waals surface area (Å²) in [7, 11) is 1.77. The van der Waals surface area contributed by atoms with Gasteiger partial charge in [0.25, 0.3) is 0 Å². The van der Waals surface area contributed by atoms with Gasteiger partial charge in [0.2, 0.25) is 6.79 Å². The first-order valence-corrected chi connectivity index (χ1v) is 11.0. The summed E-state index contributed by atoms with van der Waals surface area (Å²) < 4.78 is 30.3. The number of fused-ring (bicyclic) bond motifs is 2. The van der Waals surface area contributed by atoms with Gasteiger partial charge in [-0.05, 0) is 84.5 Å². The third-order valence-corrected chi connectivity index (χ3v) is 6.51. The van der Waals surface area contributed by atoms with E-state index in [4.69, 9.17) is 14.2 Å². The van der Waals surface area contributed by atoms with Gasteiger partial charge in [-0.25, -0.2) is 4.39 Å². The van der Waals surface area contributed by atoms with Crippen molar-refractivity contribution in [3.63, 3.8) is 0 Å². The summed E-state index contributed by atoms with van der Waals surface area (Å²) in [6, 6.07) is 11.7. The molecule has 4 rings (SSSR count). The lowest BCUT2D eigenvalue weighted by Gasteiger charge is -2.41. The zero-order chi connectivity index (χ0) is 21.1. The lowest BCUT2D eigenvalue weighted by Crippen LogP contribution is -2.45. The first-order valence-electron chi connectivity index (χ1n) is 11.0. The minimum absolute atomic E-state index is 0.134. The average Bonchev–Trinajstić information content (AvgIpc) is 3.20. The monoisotopic (exact) mass is 413 g/mol. The molecular weight excluding hydrogens is 381 g/mol. The summed E-state index contributed by atoms with van der Waals surface area (Å²) in [5.74, 6) is 2.85. The molecule has 2 unspecified atom stereocenters. The van der Waals surface area contributed by atoms with Gasteiger partial charge < -0.3 is 19.5 Å². The molecule has 4 nitrogen and oxygen atoms in total. The fraction of sp³-hybridized carbons (Fsp3) is 0.520. The molecule has 2 aromatic carbocycles. The summed E-state index contributed by atoms with van der Waals surface area (Å²) >= 11 is 0. The summed E-state index contributed by atoms with van der Waals surface area (Å²) in [5, 5.41) is 3.76. The highest BCUT2D eigenvalue weighted by atomic mass is 19.1. The van der Waals surface area contributed by atoms with E-state index in [2.05, 4.69) is 31.3 Å². The van der Waals surface area contributed by atoms with E-state index >= 15 is 0 Å². The SMILES string of the molecule is COCC(NCCc1ccc2c(c1)OCO2)C1CCc2cc(F)ccc2[C@@H]1C(C)C. The van der Waals surface area contributed by atoms with E-state index in [-0.39, 0.29) is 11.9 Å². The van der Waals surface area contributed by atoms with Crippen LogP contribution >= 0.6 is 0 Å². The highest BCUT2D eigenvalue weighted by Crippen LogP contribution is 2.43. The summed E-state index contributed by atoms with van der Waals surface area (Å²) in [6.45, 7) is 6.38. The van der Waals surface area contributed by atoms with E-state index in [1.807, 2.05) is 12.1 Å². The van der Waals surface area contributed by atoms with Crippen LogP contribution in [0.15, 0.2) is 36.4 Å². The molecule has 1 aliphatic carbocycles. The molecule has 1 aliphatic heterocycles. The Morgan fingerprint density at radius 3 is 2.77 bits per heavy atom. The molecule has 2 aromatic rings. The molecule has 5 heteroatoms. The van der Waals surface area contributed by atoms with Crippen LogP contribution in [0.3, 0.4) is 0 Å². The second kappa shape index (κ2) is 9.36. The standard InChI is InChI=1S/C25H32FNO3/c1-16(2)25-20-8-6-19(26)13-18(20)5-7-21(25)22(14-28-3)27-11-10-17-4-9-23-24(12-17)30-15-29-23/h4,6,8-9,12-13,16,21-22,25,27H,5,7,10-11,14-15H2,1-3H3/t21?,22?,25-/m0/s1. The number of benzene rings is 2. The molecule has 1 N–H and O–H groups in total. The van der Waals surface area contributed by atoms with E-state index in [9.17, 15) is 4.39 Å². The Morgan fingerprint density at radius 1 is 1.13 bits per heavy atom. The van der Waals surface area contributed by atoms with Crippen LogP contribution in [-0.2, 0) is 17.6 Å². The normalized spacial score (nSPS) is 21.0. The van der Waals surface area contributed by atoms with Crippen LogP contribution in [0.1, 0.15) is 42.9 Å². The van der Waals surface area contributed by atoms with E-state index in [1.54, 1.807) is 19.2 Å². The predicted molar refractivity (Wildman–Crippen MR) is 116 cm³/mol. The fourth-order valence-corrected chi connectivity index (χ4v) is 5.17. The molecule has 0 radical (unpaired) electrons. The van der Waals surface area contributed by atoms with Gasteiger partial charge in [-0.1, -0.05) is 26.0 Å². The number of nitrogens with one attached hydrogen (secondary N) is 1. The molecule has 1 heterocycles. The molecule has 0 aromatic heterocycles. The topological polar surface area (TPSA) is 39.7 Å². The lowest BCUT2D eigenvalue weighted by molar-refractivity contribution is 0.115. The quantitative estimate of drug-likeness (QED) is 0.681. The molecule has 2 aliphatic rings. The highest BCUT2D eigenvalue weighted by Gasteiger charge is 2.36. The van der Waals surface area contributed by atoms with Crippen LogP contribution in [0.4, 0.5) is 4.39 Å². The van der Waals surface area contributed by atoms with Gasteiger partial charge >= 0.3 is 0 Å². The van der Waals surface area contributed by atoms with Crippen LogP contribution in [0.2, 0.25) is 0 Å². The third kappa shape index (κ3) is 4.47. The van der Waals surface area contributed by atoms with E-state index in [0.717, 1.165) is 37.3 Å². The second-order valence-corrected chi connectivity index (χ2v) is 8.77. The largest absolute Gasteiger partial charge is 0.454 e. The van der Waals surface area contributed by atoms with Gasteiger partial charge in [0.1, 0.15) is 5.82 Å². The van der Waals surface area contributed by atoms with Crippen LogP contribution in [-0.4, -0.2) is 33.1 Å². The van der Waals surface area contributed by atoms with Crippen molar-refractivity contribution in [3.05, 3.63) is 58.9 Å². The summed E-state index contributed by atoms with van der Waals surface area (Å²) in [4.78, 5) is 0. The van der Waals surface area contributed by atoms with Crippen molar-refractivity contribution < 1.29 is 18.6 Å². The molecular formula is C25H32FNO3. The number of aryl methyl sites for hydroxylation is 1. The molecule has 3 atom stereocenters. The Hall–Kier alpha value is -2.11. The van der Waals surface area contributed by atoms with E-state index < -0.39 is 0 Å². The first-order chi connectivity index (χ1) is 14.6. The Labute approximate surface area is 178 Å². The van der Waals surface area contributed by atoms with Gasteiger partial charge in [0.05, 0.1) is 6.61 Å². The molecule has 0 fully saturated rings. The molecule has 0 amide bonds. The predicted octanol–water partition coefficient (Wildman–Crippen LogP) is 4.70. The second-order valence-electron chi connectivity index (χ2n) is 8.77. The van der Waals surface area contributed by atoms with Crippen molar-refractivity contribution in [2.24, 2.45) is 11.8 Å². The number of halogens is 1. The lowest BCUT2D eigenvalue weighted by atomic mass is 9.67. The molecule has 0 saturated carbocycles. The van der Waals surface area contributed by atoms with Crippen LogP contribution < -0.4 is 14.8 Å². The molecule has 30 heavy (non-hydrogen) atoms. The number of ether oxygens (including phenoxy) is 3. The minimum atomic E-state index is -0.134. The molecule has 162 valence electrons. The Bertz CT molecular complexity index is 869. The van der Waals surface area contributed by atoms with Crippen molar-refractivity contribution in [3.8, 4) is 11.5 Å². The number of methoxy groups -OCH3 is 1. The van der Waals surface area contributed by atoms with Crippen LogP contribution in [0.5, 0.6) is 11.5 Å². The van der Waals surface area contributed by atoms with Crippen molar-refractivity contribution in [1.82, 2.24) is 5.32 Å². The van der Waals surface area contributed by atoms with Crippen molar-refractivity contribution in [2.45, 2.75) is 45.1 Å². The smallest absolute Gasteiger partial charge is 0.231 e. The third-order valence-electron chi connectivity index (χ3n) is 6.51. The molecule has 0 spiro atoms. The first kappa shape index (κ1) is 21.1. The average molecular weight is 414 g/mol. The van der Waals surface area contributed by atoms with Crippen molar-refractivity contribution in [2.75, 3.05) is 27.1 Å². The maximum Gasteiger partial charge on any atom is 0.231 e. The Balaban J connectivity index is 1.45. The van der Waals surface area contributed by atoms with Gasteiger partial charge in [0.15, 0.2) is 11.5 Å². The fourth-order valence-electron chi connectivity index (χ4n) is 5.17. The maximum absolute atomic E-state index is 13.8. The van der Waals surface area contributed by atoms with E-state index in [0.29, 0.717) is 31.2 Å².